The lowest BCUT2D eigenvalue weighted by molar-refractivity contribution is 0.0944. The molecule has 4 heterocycles. The maximum atomic E-state index is 12.6. The number of aromatic nitrogens is 6. The van der Waals surface area contributed by atoms with Gasteiger partial charge >= 0.3 is 0 Å². The molecule has 1 amide bonds. The van der Waals surface area contributed by atoms with Gasteiger partial charge in [0.15, 0.2) is 5.69 Å². The number of benzene rings is 1. The van der Waals surface area contributed by atoms with E-state index in [2.05, 4.69) is 56.5 Å². The van der Waals surface area contributed by atoms with Crippen LogP contribution in [0.1, 0.15) is 42.4 Å². The summed E-state index contributed by atoms with van der Waals surface area (Å²) in [6.07, 6.45) is 5.32. The molecule has 0 saturated carbocycles. The number of nitrogens with zero attached hydrogens (tertiary/aromatic N) is 8. The Kier molecular flexibility index (Phi) is 6.21. The van der Waals surface area contributed by atoms with Crippen LogP contribution in [0.15, 0.2) is 42.9 Å². The third-order valence-electron chi connectivity index (χ3n) is 6.58. The second-order valence-electron chi connectivity index (χ2n) is 10.4. The minimum atomic E-state index is -0.276. The molecular weight excluding hydrogens is 454 g/mol. The topological polar surface area (TPSA) is 96.5 Å². The van der Waals surface area contributed by atoms with E-state index in [1.165, 1.54) is 6.20 Å². The van der Waals surface area contributed by atoms with Gasteiger partial charge in [-0.3, -0.25) is 4.79 Å². The fraction of sp³-hybridized carbons (Fsp3) is 0.423. The smallest absolute Gasteiger partial charge is 0.273 e. The molecule has 1 saturated heterocycles. The van der Waals surface area contributed by atoms with Gasteiger partial charge in [0.05, 0.1) is 35.3 Å². The first-order chi connectivity index (χ1) is 17.2. The van der Waals surface area contributed by atoms with Crippen LogP contribution in [0.5, 0.6) is 0 Å². The highest BCUT2D eigenvalue weighted by molar-refractivity contribution is 5.91. The van der Waals surface area contributed by atoms with Gasteiger partial charge in [0.2, 0.25) is 0 Å². The summed E-state index contributed by atoms with van der Waals surface area (Å²) in [6.45, 7) is 12.4. The zero-order valence-electron chi connectivity index (χ0n) is 21.6. The molecule has 0 spiro atoms. The largest absolute Gasteiger partial charge is 0.353 e. The number of carbonyl (C=O) groups is 1. The summed E-state index contributed by atoms with van der Waals surface area (Å²) in [6, 6.07) is 8.23. The highest BCUT2D eigenvalue weighted by atomic mass is 16.2. The van der Waals surface area contributed by atoms with Crippen molar-refractivity contribution in [2.24, 2.45) is 0 Å². The first kappa shape index (κ1) is 23.9. The van der Waals surface area contributed by atoms with E-state index in [9.17, 15) is 4.79 Å². The highest BCUT2D eigenvalue weighted by Gasteiger charge is 2.20. The van der Waals surface area contributed by atoms with Crippen molar-refractivity contribution in [3.63, 3.8) is 0 Å². The van der Waals surface area contributed by atoms with Crippen molar-refractivity contribution in [1.82, 2.24) is 39.8 Å². The van der Waals surface area contributed by atoms with Crippen LogP contribution in [-0.4, -0.2) is 73.6 Å². The van der Waals surface area contributed by atoms with Crippen LogP contribution in [0.25, 0.3) is 16.8 Å². The fourth-order valence-electron chi connectivity index (χ4n) is 4.31. The van der Waals surface area contributed by atoms with E-state index in [1.807, 2.05) is 43.6 Å². The number of rotatable bonds is 5. The van der Waals surface area contributed by atoms with Gasteiger partial charge in [0.1, 0.15) is 5.82 Å². The summed E-state index contributed by atoms with van der Waals surface area (Å²) in [4.78, 5) is 23.9. The van der Waals surface area contributed by atoms with Crippen LogP contribution in [0.4, 0.5) is 5.82 Å². The average Bonchev–Trinajstić information content (AvgIpc) is 3.53. The highest BCUT2D eigenvalue weighted by Crippen LogP contribution is 2.28. The van der Waals surface area contributed by atoms with E-state index in [1.54, 1.807) is 11.0 Å². The SMILES string of the molecule is Cc1cc(-c2nc(N3CCN(C)CC3)cn3nccc23)ccc1CNC(=O)c1cnn(C(C)(C)C)n1. The normalized spacial score (nSPS) is 15.0. The van der Waals surface area contributed by atoms with Crippen LogP contribution in [0.2, 0.25) is 0 Å². The zero-order valence-corrected chi connectivity index (χ0v) is 21.6. The summed E-state index contributed by atoms with van der Waals surface area (Å²) in [5.41, 5.74) is 5.05. The Hall–Kier alpha value is -3.79. The fourth-order valence-corrected chi connectivity index (χ4v) is 4.31. The van der Waals surface area contributed by atoms with Crippen molar-refractivity contribution in [3.8, 4) is 11.3 Å². The molecule has 1 fully saturated rings. The number of piperazine rings is 1. The van der Waals surface area contributed by atoms with E-state index in [0.717, 1.165) is 59.9 Å². The molecule has 1 aliphatic heterocycles. The number of carbonyl (C=O) groups excluding carboxylic acids is 1. The van der Waals surface area contributed by atoms with Crippen LogP contribution in [0.3, 0.4) is 0 Å². The Bertz CT molecular complexity index is 1390. The van der Waals surface area contributed by atoms with E-state index in [0.29, 0.717) is 12.2 Å². The summed E-state index contributed by atoms with van der Waals surface area (Å²) < 4.78 is 1.91. The second-order valence-corrected chi connectivity index (χ2v) is 10.4. The van der Waals surface area contributed by atoms with Gasteiger partial charge in [-0.05, 0) is 58.0 Å². The lowest BCUT2D eigenvalue weighted by Gasteiger charge is -2.33. The van der Waals surface area contributed by atoms with Crippen molar-refractivity contribution in [2.75, 3.05) is 38.1 Å². The lowest BCUT2D eigenvalue weighted by atomic mass is 10.0. The zero-order chi connectivity index (χ0) is 25.4. The van der Waals surface area contributed by atoms with Crippen molar-refractivity contribution in [1.29, 1.82) is 0 Å². The Labute approximate surface area is 210 Å². The van der Waals surface area contributed by atoms with Gasteiger partial charge in [0, 0.05) is 38.3 Å². The van der Waals surface area contributed by atoms with Crippen molar-refractivity contribution < 1.29 is 4.79 Å². The molecule has 10 heteroatoms. The van der Waals surface area contributed by atoms with Crippen LogP contribution >= 0.6 is 0 Å². The number of fused-ring (bicyclic) bond motifs is 1. The maximum Gasteiger partial charge on any atom is 0.273 e. The molecule has 1 N–H and O–H groups in total. The minimum Gasteiger partial charge on any atom is -0.353 e. The standard InChI is InChI=1S/C26H33N9O/c1-18-14-19(6-7-20(18)15-27-25(36)21-16-29-35(31-21)26(2,3)4)24-22-8-9-28-34(22)17-23(30-24)33-12-10-32(5)11-13-33/h6-9,14,16-17H,10-13,15H2,1-5H3,(H,27,36). The molecule has 0 unspecified atom stereocenters. The number of hydrogen-bond donors (Lipinski definition) is 1. The maximum absolute atomic E-state index is 12.6. The molecule has 4 aromatic rings. The summed E-state index contributed by atoms with van der Waals surface area (Å²) in [7, 11) is 2.15. The second kappa shape index (κ2) is 9.34. The van der Waals surface area contributed by atoms with Gasteiger partial charge in [0.25, 0.3) is 5.91 Å². The molecule has 188 valence electrons. The number of hydrogen-bond acceptors (Lipinski definition) is 7. The molecule has 0 atom stereocenters. The van der Waals surface area contributed by atoms with Gasteiger partial charge in [-0.15, -0.1) is 5.10 Å². The third-order valence-corrected chi connectivity index (χ3v) is 6.58. The van der Waals surface area contributed by atoms with Crippen LogP contribution in [0, 0.1) is 6.92 Å². The van der Waals surface area contributed by atoms with Gasteiger partial charge in [-0.1, -0.05) is 12.1 Å². The van der Waals surface area contributed by atoms with Crippen molar-refractivity contribution in [2.45, 2.75) is 39.8 Å². The molecule has 1 aromatic carbocycles. The van der Waals surface area contributed by atoms with E-state index in [-0.39, 0.29) is 11.4 Å². The van der Waals surface area contributed by atoms with Gasteiger partial charge in [-0.25, -0.2) is 9.50 Å². The Morgan fingerprint density at radius 2 is 1.86 bits per heavy atom. The summed E-state index contributed by atoms with van der Waals surface area (Å²) in [5, 5.41) is 16.0. The molecule has 0 aliphatic carbocycles. The number of aryl methyl sites for hydroxylation is 1. The van der Waals surface area contributed by atoms with Crippen LogP contribution < -0.4 is 10.2 Å². The van der Waals surface area contributed by atoms with E-state index < -0.39 is 0 Å². The quantitative estimate of drug-likeness (QED) is 0.462. The average molecular weight is 488 g/mol. The molecule has 3 aromatic heterocycles. The predicted molar refractivity (Wildman–Crippen MR) is 139 cm³/mol. The van der Waals surface area contributed by atoms with Crippen molar-refractivity contribution in [3.05, 3.63) is 59.7 Å². The molecule has 10 nitrogen and oxygen atoms in total. The lowest BCUT2D eigenvalue weighted by Crippen LogP contribution is -2.44. The Balaban J connectivity index is 1.35. The molecule has 0 bridgehead atoms. The number of likely N-dealkylation sites (N-methyl/N-ethyl adjacent to an activating group) is 1. The minimum absolute atomic E-state index is 0.239. The number of amides is 1. The Morgan fingerprint density at radius 3 is 2.56 bits per heavy atom. The third kappa shape index (κ3) is 4.81. The van der Waals surface area contributed by atoms with E-state index >= 15 is 0 Å². The Morgan fingerprint density at radius 1 is 1.08 bits per heavy atom. The van der Waals surface area contributed by atoms with Gasteiger partial charge < -0.3 is 15.1 Å². The van der Waals surface area contributed by atoms with E-state index in [4.69, 9.17) is 4.98 Å². The number of nitrogens with one attached hydrogen (secondary N) is 1. The first-order valence-corrected chi connectivity index (χ1v) is 12.3. The van der Waals surface area contributed by atoms with Gasteiger partial charge in [-0.2, -0.15) is 15.0 Å². The molecular formula is C26H33N9O. The van der Waals surface area contributed by atoms with Crippen molar-refractivity contribution >= 4 is 17.2 Å². The number of anilines is 1. The molecule has 1 aliphatic rings. The molecule has 0 radical (unpaired) electrons. The molecule has 5 rings (SSSR count). The predicted octanol–water partition coefficient (Wildman–Crippen LogP) is 2.73. The summed E-state index contributed by atoms with van der Waals surface area (Å²) >= 11 is 0. The first-order valence-electron chi connectivity index (χ1n) is 12.3. The summed E-state index contributed by atoms with van der Waals surface area (Å²) in [5.74, 6) is 0.697. The monoisotopic (exact) mass is 487 g/mol. The molecule has 36 heavy (non-hydrogen) atoms. The van der Waals surface area contributed by atoms with Crippen LogP contribution in [-0.2, 0) is 12.1 Å².